The van der Waals surface area contributed by atoms with Crippen molar-refractivity contribution in [2.45, 2.75) is 65.6 Å². The van der Waals surface area contributed by atoms with Crippen molar-refractivity contribution >= 4 is 28.9 Å². The molecule has 0 bridgehead atoms. The lowest BCUT2D eigenvalue weighted by Gasteiger charge is -2.33. The monoisotopic (exact) mass is 445 g/mol. The SMILES string of the molecule is CC(=O)OC[C@H](Cc1c[nH]c2ccccc12)NC(=O)[C@H](C(C)C)N(C)C(=O)OC(C)(C)C. The van der Waals surface area contributed by atoms with Crippen molar-refractivity contribution in [2.24, 2.45) is 5.92 Å². The number of rotatable bonds is 8. The third kappa shape index (κ3) is 7.00. The number of ether oxygens (including phenoxy) is 2. The van der Waals surface area contributed by atoms with Crippen LogP contribution in [-0.4, -0.2) is 59.2 Å². The highest BCUT2D eigenvalue weighted by Crippen LogP contribution is 2.20. The number of amides is 2. The molecule has 0 saturated carbocycles. The van der Waals surface area contributed by atoms with E-state index in [0.29, 0.717) is 6.42 Å². The van der Waals surface area contributed by atoms with E-state index in [1.807, 2.05) is 44.3 Å². The number of esters is 1. The van der Waals surface area contributed by atoms with Gasteiger partial charge in [0.05, 0.1) is 6.04 Å². The highest BCUT2D eigenvalue weighted by atomic mass is 16.6. The first-order chi connectivity index (χ1) is 14.9. The number of carbonyl (C=O) groups excluding carboxylic acids is 3. The van der Waals surface area contributed by atoms with Crippen molar-refractivity contribution in [3.05, 3.63) is 36.0 Å². The van der Waals surface area contributed by atoms with Gasteiger partial charge in [-0.3, -0.25) is 14.5 Å². The van der Waals surface area contributed by atoms with Gasteiger partial charge in [0.2, 0.25) is 5.91 Å². The van der Waals surface area contributed by atoms with E-state index in [2.05, 4.69) is 10.3 Å². The number of hydrogen-bond donors (Lipinski definition) is 2. The van der Waals surface area contributed by atoms with Crippen molar-refractivity contribution < 1.29 is 23.9 Å². The summed E-state index contributed by atoms with van der Waals surface area (Å²) in [6.07, 6.45) is 1.79. The van der Waals surface area contributed by atoms with Crippen molar-refractivity contribution in [1.29, 1.82) is 0 Å². The third-order valence-corrected chi connectivity index (χ3v) is 4.97. The summed E-state index contributed by atoms with van der Waals surface area (Å²) in [6, 6.07) is 6.67. The lowest BCUT2D eigenvalue weighted by molar-refractivity contribution is -0.142. The Kier molecular flexibility index (Phi) is 8.30. The van der Waals surface area contributed by atoms with E-state index in [9.17, 15) is 14.4 Å². The molecule has 2 amide bonds. The molecular formula is C24H35N3O5. The van der Waals surface area contributed by atoms with Crippen LogP contribution in [-0.2, 0) is 25.5 Å². The van der Waals surface area contributed by atoms with Crippen LogP contribution in [0.2, 0.25) is 0 Å². The van der Waals surface area contributed by atoms with Gasteiger partial charge in [0.15, 0.2) is 0 Å². The number of nitrogens with one attached hydrogen (secondary N) is 2. The van der Waals surface area contributed by atoms with Gasteiger partial charge < -0.3 is 19.8 Å². The molecule has 0 aliphatic rings. The Morgan fingerprint density at radius 1 is 1.16 bits per heavy atom. The fraction of sp³-hybridized carbons (Fsp3) is 0.542. The second-order valence-electron chi connectivity index (χ2n) is 9.35. The second-order valence-corrected chi connectivity index (χ2v) is 9.35. The van der Waals surface area contributed by atoms with Gasteiger partial charge in [0, 0.05) is 31.1 Å². The summed E-state index contributed by atoms with van der Waals surface area (Å²) < 4.78 is 10.6. The van der Waals surface area contributed by atoms with Gasteiger partial charge in [-0.15, -0.1) is 0 Å². The zero-order valence-corrected chi connectivity index (χ0v) is 20.0. The van der Waals surface area contributed by atoms with Crippen LogP contribution in [0.5, 0.6) is 0 Å². The Bertz CT molecular complexity index is 945. The van der Waals surface area contributed by atoms with Crippen molar-refractivity contribution in [3.63, 3.8) is 0 Å². The number of fused-ring (bicyclic) bond motifs is 1. The predicted octanol–water partition coefficient (Wildman–Crippen LogP) is 3.65. The molecule has 1 aromatic heterocycles. The summed E-state index contributed by atoms with van der Waals surface area (Å²) in [5, 5.41) is 4.02. The minimum atomic E-state index is -0.743. The van der Waals surface area contributed by atoms with Gasteiger partial charge in [0.1, 0.15) is 18.2 Å². The molecule has 2 N–H and O–H groups in total. The Morgan fingerprint density at radius 3 is 2.41 bits per heavy atom. The number of aromatic nitrogens is 1. The number of nitrogens with zero attached hydrogens (tertiary/aromatic N) is 1. The molecule has 2 aromatic rings. The van der Waals surface area contributed by atoms with E-state index in [1.54, 1.807) is 27.8 Å². The maximum Gasteiger partial charge on any atom is 0.410 e. The molecule has 0 aliphatic heterocycles. The second kappa shape index (κ2) is 10.5. The molecule has 0 spiro atoms. The molecule has 0 fully saturated rings. The molecular weight excluding hydrogens is 410 g/mol. The molecule has 8 heteroatoms. The third-order valence-electron chi connectivity index (χ3n) is 4.97. The Balaban J connectivity index is 2.20. The van der Waals surface area contributed by atoms with Crippen LogP contribution >= 0.6 is 0 Å². The van der Waals surface area contributed by atoms with Crippen LogP contribution in [0.3, 0.4) is 0 Å². The average molecular weight is 446 g/mol. The molecule has 1 aromatic carbocycles. The van der Waals surface area contributed by atoms with Crippen LogP contribution in [0.4, 0.5) is 4.79 Å². The van der Waals surface area contributed by atoms with Gasteiger partial charge >= 0.3 is 12.1 Å². The van der Waals surface area contributed by atoms with Gasteiger partial charge in [-0.2, -0.15) is 0 Å². The highest BCUT2D eigenvalue weighted by Gasteiger charge is 2.33. The van der Waals surface area contributed by atoms with Gasteiger partial charge in [-0.1, -0.05) is 32.0 Å². The molecule has 0 radical (unpaired) electrons. The zero-order chi connectivity index (χ0) is 24.1. The lowest BCUT2D eigenvalue weighted by atomic mass is 10.0. The van der Waals surface area contributed by atoms with E-state index >= 15 is 0 Å². The number of benzene rings is 1. The number of likely N-dealkylation sites (N-methyl/N-ethyl adjacent to an activating group) is 1. The molecule has 32 heavy (non-hydrogen) atoms. The van der Waals surface area contributed by atoms with Crippen LogP contribution in [0, 0.1) is 5.92 Å². The summed E-state index contributed by atoms with van der Waals surface area (Å²) in [5.41, 5.74) is 1.32. The average Bonchev–Trinajstić information content (AvgIpc) is 3.07. The normalized spacial score (nSPS) is 13.5. The zero-order valence-electron chi connectivity index (χ0n) is 20.0. The number of carbonyl (C=O) groups is 3. The largest absolute Gasteiger partial charge is 0.464 e. The first kappa shape index (κ1) is 25.2. The van der Waals surface area contributed by atoms with Crippen molar-refractivity contribution in [3.8, 4) is 0 Å². The fourth-order valence-corrected chi connectivity index (χ4v) is 3.60. The van der Waals surface area contributed by atoms with E-state index in [-0.39, 0.29) is 18.4 Å². The minimum absolute atomic E-state index is 0.0293. The first-order valence-corrected chi connectivity index (χ1v) is 10.8. The fourth-order valence-electron chi connectivity index (χ4n) is 3.60. The van der Waals surface area contributed by atoms with E-state index in [4.69, 9.17) is 9.47 Å². The maximum absolute atomic E-state index is 13.2. The minimum Gasteiger partial charge on any atom is -0.464 e. The van der Waals surface area contributed by atoms with Gasteiger partial charge in [0.25, 0.3) is 0 Å². The maximum atomic E-state index is 13.2. The number of H-pyrrole nitrogens is 1. The molecule has 1 heterocycles. The molecule has 2 atom stereocenters. The smallest absolute Gasteiger partial charge is 0.410 e. The van der Waals surface area contributed by atoms with E-state index in [0.717, 1.165) is 16.5 Å². The molecule has 8 nitrogen and oxygen atoms in total. The quantitative estimate of drug-likeness (QED) is 0.604. The molecule has 0 unspecified atom stereocenters. The van der Waals surface area contributed by atoms with E-state index in [1.165, 1.54) is 11.8 Å². The van der Waals surface area contributed by atoms with Crippen LogP contribution in [0.15, 0.2) is 30.5 Å². The van der Waals surface area contributed by atoms with Crippen molar-refractivity contribution in [2.75, 3.05) is 13.7 Å². The highest BCUT2D eigenvalue weighted by molar-refractivity contribution is 5.86. The lowest BCUT2D eigenvalue weighted by Crippen LogP contribution is -2.54. The molecule has 176 valence electrons. The summed E-state index contributed by atoms with van der Waals surface area (Å²) in [4.78, 5) is 41.7. The summed E-state index contributed by atoms with van der Waals surface area (Å²) >= 11 is 0. The van der Waals surface area contributed by atoms with Gasteiger partial charge in [-0.25, -0.2) is 4.79 Å². The standard InChI is InChI=1S/C24H35N3O5/c1-15(2)21(27(7)23(30)32-24(4,5)6)22(29)26-18(14-31-16(3)28)12-17-13-25-20-11-9-8-10-19(17)20/h8-11,13,15,18,21,25H,12,14H2,1-7H3,(H,26,29)/t18-,21-/m0/s1. The number of aromatic amines is 1. The predicted molar refractivity (Wildman–Crippen MR) is 123 cm³/mol. The Morgan fingerprint density at radius 2 is 1.81 bits per heavy atom. The number of para-hydroxylation sites is 1. The topological polar surface area (TPSA) is 101 Å². The molecule has 0 saturated heterocycles. The Hall–Kier alpha value is -3.03. The van der Waals surface area contributed by atoms with Crippen molar-refractivity contribution in [1.82, 2.24) is 15.2 Å². The molecule has 2 rings (SSSR count). The van der Waals surface area contributed by atoms with E-state index < -0.39 is 29.7 Å². The summed E-state index contributed by atoms with van der Waals surface area (Å²) in [7, 11) is 1.55. The van der Waals surface area contributed by atoms with Gasteiger partial charge in [-0.05, 0) is 44.7 Å². The van der Waals surface area contributed by atoms with Crippen LogP contribution in [0.1, 0.15) is 47.1 Å². The summed E-state index contributed by atoms with van der Waals surface area (Å²) in [5.74, 6) is -0.908. The first-order valence-electron chi connectivity index (χ1n) is 10.8. The molecule has 0 aliphatic carbocycles. The number of hydrogen-bond acceptors (Lipinski definition) is 5. The Labute approximate surface area is 189 Å². The van der Waals surface area contributed by atoms with Crippen LogP contribution in [0.25, 0.3) is 10.9 Å². The van der Waals surface area contributed by atoms with Crippen LogP contribution < -0.4 is 5.32 Å². The summed E-state index contributed by atoms with van der Waals surface area (Å²) in [6.45, 7) is 10.4.